The minimum atomic E-state index is -5.97. The molecule has 3 saturated heterocycles. The van der Waals surface area contributed by atoms with Crippen LogP contribution in [0.4, 0.5) is 26.3 Å². The van der Waals surface area contributed by atoms with Gasteiger partial charge in [0.25, 0.3) is 39.6 Å². The van der Waals surface area contributed by atoms with E-state index in [0.717, 1.165) is 64.2 Å². The third-order valence-electron chi connectivity index (χ3n) is 18.3. The van der Waals surface area contributed by atoms with E-state index in [9.17, 15) is 123 Å². The van der Waals surface area contributed by atoms with Gasteiger partial charge in [-0.25, -0.2) is 51.6 Å². The summed E-state index contributed by atoms with van der Waals surface area (Å²) in [5.41, 5.74) is 0.587. The number of hydrogen-bond donors (Lipinski definition) is 0. The number of methoxy groups -OCH3 is 3. The number of hydrogen-bond acceptors (Lipinski definition) is 27. The molecule has 576 valence electrons. The number of fused-ring (bicyclic) bond motifs is 5. The number of amides is 6. The third kappa shape index (κ3) is 22.6. The maximum Gasteiger partial charge on any atom is 0.309 e. The fourth-order valence-corrected chi connectivity index (χ4v) is 13.8. The summed E-state index contributed by atoms with van der Waals surface area (Å²) >= 11 is 0. The number of alkyl halides is 6. The second-order valence-corrected chi connectivity index (χ2v) is 29.0. The second-order valence-electron chi connectivity index (χ2n) is 24.6. The largest absolute Gasteiger partial charge is 0.746 e. The first-order valence-electron chi connectivity index (χ1n) is 31.8. The Bertz CT molecular complexity index is 3720. The van der Waals surface area contributed by atoms with Crippen LogP contribution in [0.15, 0.2) is 42.5 Å². The van der Waals surface area contributed by atoms with Crippen LogP contribution in [0.1, 0.15) is 133 Å². The van der Waals surface area contributed by atoms with Gasteiger partial charge in [0.15, 0.2) is 0 Å². The van der Waals surface area contributed by atoms with Crippen LogP contribution in [0.2, 0.25) is 0 Å². The zero-order valence-electron chi connectivity index (χ0n) is 57.7. The minimum Gasteiger partial charge on any atom is -0.746 e. The number of likely N-dealkylation sites (tertiary alicyclic amines) is 3. The van der Waals surface area contributed by atoms with Gasteiger partial charge in [0.05, 0.1) is 56.8 Å². The van der Waals surface area contributed by atoms with Gasteiger partial charge in [-0.2, -0.15) is 0 Å². The molecular weight excluding hydrogens is 2240 g/mol. The number of esters is 6. The fourth-order valence-electron chi connectivity index (χ4n) is 13.3. The zero-order chi connectivity index (χ0) is 76.6. The Morgan fingerprint density at radius 2 is 0.800 bits per heavy atom. The van der Waals surface area contributed by atoms with Crippen LogP contribution in [0.3, 0.4) is 0 Å². The predicted octanol–water partition coefficient (Wildman–Crippen LogP) is 5.44. The smallest absolute Gasteiger partial charge is 0.309 e. The summed E-state index contributed by atoms with van der Waals surface area (Å²) < 4.78 is 197. The number of imide groups is 3. The van der Waals surface area contributed by atoms with Crippen molar-refractivity contribution in [2.75, 3.05) is 41.0 Å². The van der Waals surface area contributed by atoms with Crippen LogP contribution in [-0.2, 0) is 112 Å². The van der Waals surface area contributed by atoms with Gasteiger partial charge in [0, 0.05) is 57.8 Å². The van der Waals surface area contributed by atoms with Crippen molar-refractivity contribution < 1.29 is 151 Å². The molecule has 0 N–H and O–H groups in total. The van der Waals surface area contributed by atoms with Gasteiger partial charge in [-0.3, -0.25) is 72.2 Å². The number of halogens is 6. The molecule has 10 unspecified atom stereocenters. The summed E-state index contributed by atoms with van der Waals surface area (Å²) in [7, 11) is -14.5. The maximum atomic E-state index is 13.0. The van der Waals surface area contributed by atoms with Gasteiger partial charge >= 0.3 is 17.9 Å². The molecule has 4 bridgehead atoms. The van der Waals surface area contributed by atoms with Crippen LogP contribution in [-0.4, -0.2) is 182 Å². The molecule has 0 aromatic heterocycles. The summed E-state index contributed by atoms with van der Waals surface area (Å²) in [6.07, 6.45) is 10.2. The van der Waals surface area contributed by atoms with E-state index < -0.39 is 137 Å². The monoisotopic (exact) mass is 2320 g/mol. The maximum absolute atomic E-state index is 13.0. The molecule has 0 spiro atoms. The molecule has 8 fully saturated rings. The molecule has 42 heteroatoms. The molecule has 3 heterocycles. The zero-order valence-corrected chi connectivity index (χ0v) is 79.3. The number of ether oxygens (including phenoxy) is 6. The number of nitrogens with zero attached hydrogens (tertiary/aromatic N) is 3. The first-order chi connectivity index (χ1) is 47.5. The van der Waals surface area contributed by atoms with E-state index in [1.807, 2.05) is 36.4 Å². The topological polar surface area (TPSA) is 442 Å². The van der Waals surface area contributed by atoms with E-state index in [0.29, 0.717) is 95.8 Å². The Balaban J connectivity index is 0.000000436. The fraction of sp³-hybridized carbons (Fsp3) is 0.603. The standard InChI is InChI=1S/C15H13NO2.2C12H15F2O7S.C11H15F2O7S.C7H11NO2.C6H9NO2.3Rf/c17-14-6-3-9-16(14)15(18)13-8-7-11-4-1-2-5-12(11)10-13;2*1-20-10(15)8-6-2-3-7(4-6)9(8)11(16)21-5-12(13,14)22(17,18)19;1-19-9(14)7-4-2-3-5-8(7)10(15)20-6-11(12,13)21(16,17)18;1-2-6(9)8-5-3-4-7(8)10;1-5(8)7-4-2-3-6(7)9;;;/h1-2,4-5,7-8,10H,3,6,9H2;2*5-9H,2-4H2,1H3,(H,17,18,19);6-8H,2-5H2,1H3,(H,16,17,18);2-5H2,1H3;2-4H2,1H3;;;/q;3*-1;;;;;/p-3. The summed E-state index contributed by atoms with van der Waals surface area (Å²) in [6, 6.07) is 13.4. The van der Waals surface area contributed by atoms with Crippen LogP contribution in [0.5, 0.6) is 0 Å². The Kier molecular flexibility index (Phi) is 32.4. The summed E-state index contributed by atoms with van der Waals surface area (Å²) in [5.74, 6) is -11.8. The molecule has 5 aliphatic carbocycles. The van der Waals surface area contributed by atoms with Gasteiger partial charge in [0.2, 0.25) is 29.5 Å². The molecule has 2 aromatic carbocycles. The van der Waals surface area contributed by atoms with Crippen molar-refractivity contribution in [2.24, 2.45) is 59.2 Å². The van der Waals surface area contributed by atoms with Crippen molar-refractivity contribution in [3.8, 4) is 0 Å². The quantitative estimate of drug-likeness (QED) is 0.0475. The van der Waals surface area contributed by atoms with Crippen molar-refractivity contribution in [3.63, 3.8) is 0 Å². The SMILES string of the molecule is CC(=O)N1CCCC1=O.CCC(=O)N1CCCC1=O.COC(=O)C1C2CCC(C2)C1C(=O)O[CH-]C(F)(F)S(=O)(=O)[O-].COC(=O)C1C2CCC(C2)C1C(=O)O[CH-]C(F)(F)S(=O)(=O)[O-].COC(=O)C1CCCCC1C(=O)O[CH-]C(F)(F)S(=O)(=O)[O-].O=C1CCCN1C(=O)c1ccc2ccccc2c1.[Rf].[Rf].[Rf]. The first-order valence-corrected chi connectivity index (χ1v) is 36.1. The van der Waals surface area contributed by atoms with Crippen LogP contribution in [0.25, 0.3) is 10.8 Å². The van der Waals surface area contributed by atoms with Crippen molar-refractivity contribution in [3.05, 3.63) is 67.8 Å². The van der Waals surface area contributed by atoms with E-state index >= 15 is 0 Å². The molecule has 2 aromatic rings. The molecule has 10 atom stereocenters. The number of benzene rings is 2. The van der Waals surface area contributed by atoms with Crippen LogP contribution >= 0.6 is 0 Å². The normalized spacial score (nSPS) is 23.7. The van der Waals surface area contributed by atoms with Gasteiger partial charge in [-0.1, -0.05) is 69.9 Å². The molecule has 6 amide bonds. The molecule has 5 saturated carbocycles. The molecule has 105 heavy (non-hydrogen) atoms. The van der Waals surface area contributed by atoms with Crippen LogP contribution in [0, 0.1) is 79.0 Å². The van der Waals surface area contributed by atoms with Crippen molar-refractivity contribution in [1.29, 1.82) is 0 Å². The van der Waals surface area contributed by atoms with Gasteiger partial charge in [-0.15, -0.1) is 0 Å². The molecule has 10 rings (SSSR count). The summed E-state index contributed by atoms with van der Waals surface area (Å²) in [5, 5.41) is -12.3. The first kappa shape index (κ1) is 90.3. The Morgan fingerprint density at radius 3 is 1.12 bits per heavy atom. The van der Waals surface area contributed by atoms with Gasteiger partial charge < -0.3 is 42.1 Å². The predicted molar refractivity (Wildman–Crippen MR) is 329 cm³/mol. The second kappa shape index (κ2) is 37.6. The minimum absolute atomic E-state index is 0. The molecule has 8 aliphatic rings. The molecular formula is C63H75F6N3O27Rf3S3-6. The Hall–Kier alpha value is -10.8. The van der Waals surface area contributed by atoms with Gasteiger partial charge in [-0.05, 0) is 117 Å². The Morgan fingerprint density at radius 1 is 0.467 bits per heavy atom. The van der Waals surface area contributed by atoms with E-state index in [4.69, 9.17) is 0 Å². The molecule has 0 radical (unpaired) electrons. The average Bonchev–Trinajstić information content (AvgIpc) is 1.62. The van der Waals surface area contributed by atoms with Crippen molar-refractivity contribution >= 4 is 112 Å². The van der Waals surface area contributed by atoms with Crippen molar-refractivity contribution in [1.82, 2.24) is 14.7 Å². The average molecular weight is 2320 g/mol. The molecule has 30 nitrogen and oxygen atoms in total. The number of carbonyl (C=O) groups is 12. The van der Waals surface area contributed by atoms with E-state index in [-0.39, 0.29) is 65.5 Å². The summed E-state index contributed by atoms with van der Waals surface area (Å²) in [4.78, 5) is 141. The Labute approximate surface area is 582 Å². The number of carbonyl (C=O) groups excluding carboxylic acids is 12. The van der Waals surface area contributed by atoms with E-state index in [1.54, 1.807) is 13.0 Å². The van der Waals surface area contributed by atoms with Gasteiger partial charge in [0.1, 0.15) is 30.4 Å². The summed E-state index contributed by atoms with van der Waals surface area (Å²) in [6.45, 7) is 3.21. The molecule has 3 aliphatic heterocycles. The third-order valence-corrected chi connectivity index (χ3v) is 20.6. The number of rotatable bonds is 17. The van der Waals surface area contributed by atoms with E-state index in [2.05, 4.69) is 28.4 Å². The van der Waals surface area contributed by atoms with E-state index in [1.165, 1.54) is 21.6 Å². The van der Waals surface area contributed by atoms with Crippen LogP contribution < -0.4 is 0 Å². The van der Waals surface area contributed by atoms with Crippen molar-refractivity contribution in [2.45, 2.75) is 139 Å².